The van der Waals surface area contributed by atoms with Gasteiger partial charge in [0.15, 0.2) is 0 Å². The van der Waals surface area contributed by atoms with Gasteiger partial charge in [0.1, 0.15) is 0 Å². The van der Waals surface area contributed by atoms with Gasteiger partial charge in [0.05, 0.1) is 6.67 Å². The van der Waals surface area contributed by atoms with E-state index in [2.05, 4.69) is 36.5 Å². The van der Waals surface area contributed by atoms with Crippen LogP contribution in [-0.4, -0.2) is 13.2 Å². The van der Waals surface area contributed by atoms with E-state index in [1.807, 2.05) is 0 Å². The lowest BCUT2D eigenvalue weighted by atomic mass is 9.90. The van der Waals surface area contributed by atoms with Crippen LogP contribution >= 0.6 is 0 Å². The third-order valence-corrected chi connectivity index (χ3v) is 3.56. The van der Waals surface area contributed by atoms with E-state index in [9.17, 15) is 4.39 Å². The second kappa shape index (κ2) is 4.96. The smallest absolute Gasteiger partial charge is 0.0897 e. The van der Waals surface area contributed by atoms with Crippen LogP contribution in [-0.2, 0) is 12.0 Å². The van der Waals surface area contributed by atoms with E-state index in [0.29, 0.717) is 6.42 Å². The van der Waals surface area contributed by atoms with Crippen LogP contribution in [0.3, 0.4) is 0 Å². The molecule has 0 bridgehead atoms. The number of hydrogen-bond donors (Lipinski definition) is 1. The molecule has 1 aromatic carbocycles. The second-order valence-electron chi connectivity index (χ2n) is 4.85. The molecule has 1 aliphatic rings. The molecule has 0 radical (unpaired) electrons. The Morgan fingerprint density at radius 3 is 2.62 bits per heavy atom. The molecule has 2 rings (SSSR count). The molecule has 16 heavy (non-hydrogen) atoms. The Labute approximate surface area is 97.1 Å². The maximum Gasteiger partial charge on any atom is 0.0897 e. The van der Waals surface area contributed by atoms with Gasteiger partial charge in [-0.1, -0.05) is 24.3 Å². The zero-order valence-corrected chi connectivity index (χ0v) is 9.93. The quantitative estimate of drug-likeness (QED) is 0.823. The third kappa shape index (κ3) is 2.43. The van der Waals surface area contributed by atoms with Crippen molar-refractivity contribution in [2.24, 2.45) is 0 Å². The minimum atomic E-state index is -0.221. The average molecular weight is 221 g/mol. The van der Waals surface area contributed by atoms with Crippen molar-refractivity contribution < 1.29 is 4.39 Å². The number of rotatable bonds is 4. The Balaban J connectivity index is 2.06. The molecule has 1 fully saturated rings. The molecule has 1 aromatic rings. The van der Waals surface area contributed by atoms with Gasteiger partial charge in [-0.05, 0) is 50.3 Å². The molecular weight excluding hydrogens is 201 g/mol. The minimum Gasteiger partial charge on any atom is -0.308 e. The second-order valence-corrected chi connectivity index (χ2v) is 4.85. The van der Waals surface area contributed by atoms with Crippen molar-refractivity contribution in [2.45, 2.75) is 38.1 Å². The molecule has 0 aliphatic carbocycles. The van der Waals surface area contributed by atoms with Gasteiger partial charge in [0.25, 0.3) is 0 Å². The highest BCUT2D eigenvalue weighted by atomic mass is 19.1. The summed E-state index contributed by atoms with van der Waals surface area (Å²) >= 11 is 0. The van der Waals surface area contributed by atoms with E-state index >= 15 is 0 Å². The van der Waals surface area contributed by atoms with Crippen molar-refractivity contribution >= 4 is 0 Å². The number of nitrogens with one attached hydrogen (secondary N) is 1. The standard InChI is InChI=1S/C14H20FN/c1-14(9-3-11-16-14)13-7-5-12(6-8-13)4-2-10-15/h5-8,16H,2-4,9-11H2,1H3. The van der Waals surface area contributed by atoms with Crippen molar-refractivity contribution in [3.05, 3.63) is 35.4 Å². The summed E-state index contributed by atoms with van der Waals surface area (Å²) in [6.07, 6.45) is 3.94. The number of hydrogen-bond acceptors (Lipinski definition) is 1. The molecule has 0 saturated carbocycles. The molecule has 1 unspecified atom stereocenters. The first-order valence-corrected chi connectivity index (χ1v) is 6.15. The van der Waals surface area contributed by atoms with E-state index < -0.39 is 0 Å². The van der Waals surface area contributed by atoms with Crippen molar-refractivity contribution in [3.63, 3.8) is 0 Å². The molecule has 1 N–H and O–H groups in total. The van der Waals surface area contributed by atoms with Crippen LogP contribution < -0.4 is 5.32 Å². The Kier molecular flexibility index (Phi) is 3.59. The average Bonchev–Trinajstić information content (AvgIpc) is 2.75. The maximum absolute atomic E-state index is 12.1. The van der Waals surface area contributed by atoms with Crippen molar-refractivity contribution in [1.29, 1.82) is 0 Å². The molecule has 1 aliphatic heterocycles. The van der Waals surface area contributed by atoms with Gasteiger partial charge in [-0.2, -0.15) is 0 Å². The van der Waals surface area contributed by atoms with Crippen molar-refractivity contribution in [1.82, 2.24) is 5.32 Å². The van der Waals surface area contributed by atoms with Crippen LogP contribution in [0.1, 0.15) is 37.3 Å². The summed E-state index contributed by atoms with van der Waals surface area (Å²) < 4.78 is 12.1. The molecule has 0 aromatic heterocycles. The van der Waals surface area contributed by atoms with Gasteiger partial charge in [-0.15, -0.1) is 0 Å². The van der Waals surface area contributed by atoms with E-state index in [-0.39, 0.29) is 12.2 Å². The van der Waals surface area contributed by atoms with Crippen LogP contribution in [0.15, 0.2) is 24.3 Å². The molecule has 88 valence electrons. The van der Waals surface area contributed by atoms with Gasteiger partial charge in [-0.25, -0.2) is 0 Å². The van der Waals surface area contributed by atoms with Gasteiger partial charge >= 0.3 is 0 Å². The summed E-state index contributed by atoms with van der Waals surface area (Å²) in [6, 6.07) is 8.64. The highest BCUT2D eigenvalue weighted by molar-refractivity contribution is 5.29. The van der Waals surface area contributed by atoms with Crippen molar-refractivity contribution in [2.75, 3.05) is 13.2 Å². The van der Waals surface area contributed by atoms with Crippen LogP contribution in [0.5, 0.6) is 0 Å². The number of aryl methyl sites for hydroxylation is 1. The van der Waals surface area contributed by atoms with Crippen LogP contribution in [0.4, 0.5) is 4.39 Å². The van der Waals surface area contributed by atoms with Crippen LogP contribution in [0.2, 0.25) is 0 Å². The predicted octanol–water partition coefficient (Wildman–Crippen LogP) is 3.19. The highest BCUT2D eigenvalue weighted by Gasteiger charge is 2.29. The van der Waals surface area contributed by atoms with Crippen LogP contribution in [0.25, 0.3) is 0 Å². The van der Waals surface area contributed by atoms with E-state index in [1.54, 1.807) is 0 Å². The number of alkyl halides is 1. The summed E-state index contributed by atoms with van der Waals surface area (Å²) in [4.78, 5) is 0. The molecule has 1 nitrogen and oxygen atoms in total. The lowest BCUT2D eigenvalue weighted by Gasteiger charge is -2.25. The Bertz CT molecular complexity index is 325. The highest BCUT2D eigenvalue weighted by Crippen LogP contribution is 2.30. The first-order valence-electron chi connectivity index (χ1n) is 6.15. The van der Waals surface area contributed by atoms with Gasteiger partial charge in [-0.3, -0.25) is 4.39 Å². The topological polar surface area (TPSA) is 12.0 Å². The fraction of sp³-hybridized carbons (Fsp3) is 0.571. The van der Waals surface area contributed by atoms with Crippen molar-refractivity contribution in [3.8, 4) is 0 Å². The minimum absolute atomic E-state index is 0.151. The Hall–Kier alpha value is -0.890. The Morgan fingerprint density at radius 1 is 1.31 bits per heavy atom. The largest absolute Gasteiger partial charge is 0.308 e. The van der Waals surface area contributed by atoms with Crippen LogP contribution in [0, 0.1) is 0 Å². The fourth-order valence-corrected chi connectivity index (χ4v) is 2.45. The molecule has 1 saturated heterocycles. The zero-order valence-electron chi connectivity index (χ0n) is 9.93. The summed E-state index contributed by atoms with van der Waals surface area (Å²) in [5.41, 5.74) is 2.75. The monoisotopic (exact) mass is 221 g/mol. The van der Waals surface area contributed by atoms with E-state index in [1.165, 1.54) is 24.0 Å². The molecular formula is C14H20FN. The lowest BCUT2D eigenvalue weighted by Crippen LogP contribution is -2.32. The normalized spacial score (nSPS) is 24.9. The van der Waals surface area contributed by atoms with E-state index in [0.717, 1.165) is 13.0 Å². The Morgan fingerprint density at radius 2 is 2.06 bits per heavy atom. The zero-order chi connectivity index (χ0) is 11.4. The summed E-state index contributed by atoms with van der Waals surface area (Å²) in [7, 11) is 0. The molecule has 0 amide bonds. The SMILES string of the molecule is CC1(c2ccc(CCCF)cc2)CCCN1. The molecule has 2 heteroatoms. The fourth-order valence-electron chi connectivity index (χ4n) is 2.45. The summed E-state index contributed by atoms with van der Waals surface area (Å²) in [5, 5.41) is 3.55. The van der Waals surface area contributed by atoms with E-state index in [4.69, 9.17) is 0 Å². The maximum atomic E-state index is 12.1. The molecule has 1 heterocycles. The lowest BCUT2D eigenvalue weighted by molar-refractivity contribution is 0.434. The number of halogens is 1. The first-order chi connectivity index (χ1) is 7.74. The van der Waals surface area contributed by atoms with Gasteiger partial charge in [0, 0.05) is 5.54 Å². The summed E-state index contributed by atoms with van der Waals surface area (Å²) in [6.45, 7) is 3.15. The molecule has 1 atom stereocenters. The predicted molar refractivity (Wildman–Crippen MR) is 65.3 cm³/mol. The van der Waals surface area contributed by atoms with Gasteiger partial charge < -0.3 is 5.32 Å². The third-order valence-electron chi connectivity index (χ3n) is 3.56. The number of benzene rings is 1. The van der Waals surface area contributed by atoms with Gasteiger partial charge in [0.2, 0.25) is 0 Å². The first kappa shape index (κ1) is 11.6. The summed E-state index contributed by atoms with van der Waals surface area (Å²) in [5.74, 6) is 0. The molecule has 0 spiro atoms.